The Hall–Kier alpha value is -3.86. The highest BCUT2D eigenvalue weighted by Crippen LogP contribution is 2.34. The van der Waals surface area contributed by atoms with Crippen LogP contribution in [0.1, 0.15) is 18.1 Å². The SMILES string of the molecule is CC(=O)Nc1ccc(S(=O)(=O)Oc2ccc(/C=C(\C#N)C(=O)Nc3cc(C(F)(F)F)ccc3Cl)cc2Br)cc1. The van der Waals surface area contributed by atoms with Crippen molar-refractivity contribution in [2.24, 2.45) is 0 Å². The van der Waals surface area contributed by atoms with E-state index in [9.17, 15) is 36.4 Å². The number of anilines is 2. The number of carbonyl (C=O) groups excluding carboxylic acids is 2. The average molecular weight is 643 g/mol. The summed E-state index contributed by atoms with van der Waals surface area (Å²) in [6.45, 7) is 1.31. The first kappa shape index (κ1) is 29.7. The van der Waals surface area contributed by atoms with Gasteiger partial charge in [-0.1, -0.05) is 17.7 Å². The van der Waals surface area contributed by atoms with Crippen LogP contribution < -0.4 is 14.8 Å². The molecule has 0 atom stereocenters. The Morgan fingerprint density at radius 1 is 1.05 bits per heavy atom. The van der Waals surface area contributed by atoms with Gasteiger partial charge in [0.2, 0.25) is 5.91 Å². The number of hydrogen-bond acceptors (Lipinski definition) is 6. The summed E-state index contributed by atoms with van der Waals surface area (Å²) in [6, 6.07) is 13.3. The van der Waals surface area contributed by atoms with E-state index in [1.54, 1.807) is 6.07 Å². The van der Waals surface area contributed by atoms with Crippen LogP contribution in [-0.4, -0.2) is 20.2 Å². The quantitative estimate of drug-likeness (QED) is 0.175. The zero-order valence-corrected chi connectivity index (χ0v) is 22.8. The first-order valence-corrected chi connectivity index (χ1v) is 13.2. The van der Waals surface area contributed by atoms with Crippen LogP contribution in [-0.2, 0) is 25.9 Å². The number of nitrogens with one attached hydrogen (secondary N) is 2. The molecule has 0 aliphatic carbocycles. The molecule has 0 aliphatic heterocycles. The fourth-order valence-electron chi connectivity index (χ4n) is 3.05. The molecule has 0 aromatic heterocycles. The van der Waals surface area contributed by atoms with Gasteiger partial charge in [-0.2, -0.15) is 26.9 Å². The Morgan fingerprint density at radius 3 is 2.28 bits per heavy atom. The van der Waals surface area contributed by atoms with E-state index in [1.807, 2.05) is 0 Å². The lowest BCUT2D eigenvalue weighted by Gasteiger charge is -2.12. The van der Waals surface area contributed by atoms with Crippen LogP contribution in [0.3, 0.4) is 0 Å². The summed E-state index contributed by atoms with van der Waals surface area (Å²) >= 11 is 9.07. The lowest BCUT2D eigenvalue weighted by atomic mass is 10.1. The Kier molecular flexibility index (Phi) is 9.06. The Balaban J connectivity index is 1.79. The molecule has 0 spiro atoms. The Morgan fingerprint density at radius 2 is 1.72 bits per heavy atom. The second-order valence-electron chi connectivity index (χ2n) is 7.75. The molecule has 2 N–H and O–H groups in total. The van der Waals surface area contributed by atoms with Gasteiger partial charge >= 0.3 is 16.3 Å². The highest BCUT2D eigenvalue weighted by atomic mass is 79.9. The van der Waals surface area contributed by atoms with Crippen molar-refractivity contribution >= 4 is 66.9 Å². The van der Waals surface area contributed by atoms with Crippen LogP contribution in [0.4, 0.5) is 24.5 Å². The molecule has 39 heavy (non-hydrogen) atoms. The van der Waals surface area contributed by atoms with Crippen LogP contribution in [0, 0.1) is 11.3 Å². The van der Waals surface area contributed by atoms with E-state index in [0.717, 1.165) is 18.2 Å². The van der Waals surface area contributed by atoms with Gasteiger partial charge in [0, 0.05) is 12.6 Å². The van der Waals surface area contributed by atoms with Crippen molar-refractivity contribution in [3.05, 3.63) is 86.9 Å². The summed E-state index contributed by atoms with van der Waals surface area (Å²) in [5.74, 6) is -1.44. The number of halogens is 5. The van der Waals surface area contributed by atoms with Gasteiger partial charge in [0.1, 0.15) is 16.5 Å². The summed E-state index contributed by atoms with van der Waals surface area (Å²) < 4.78 is 69.6. The van der Waals surface area contributed by atoms with Crippen LogP contribution in [0.25, 0.3) is 6.08 Å². The number of nitriles is 1. The van der Waals surface area contributed by atoms with Crippen LogP contribution >= 0.6 is 27.5 Å². The molecule has 2 amide bonds. The number of rotatable bonds is 7. The molecule has 3 aromatic carbocycles. The van der Waals surface area contributed by atoms with E-state index in [0.29, 0.717) is 11.8 Å². The summed E-state index contributed by atoms with van der Waals surface area (Å²) in [4.78, 5) is 23.5. The van der Waals surface area contributed by atoms with Gasteiger partial charge in [0.05, 0.1) is 20.7 Å². The molecule has 0 heterocycles. The first-order valence-electron chi connectivity index (χ1n) is 10.6. The van der Waals surface area contributed by atoms with Crippen molar-refractivity contribution in [2.45, 2.75) is 18.0 Å². The van der Waals surface area contributed by atoms with Crippen LogP contribution in [0.5, 0.6) is 5.75 Å². The molecule has 0 bridgehead atoms. The van der Waals surface area contributed by atoms with Crippen molar-refractivity contribution in [3.8, 4) is 11.8 Å². The largest absolute Gasteiger partial charge is 0.416 e. The molecule has 3 aromatic rings. The van der Waals surface area contributed by atoms with Crippen molar-refractivity contribution in [2.75, 3.05) is 10.6 Å². The molecule has 0 saturated heterocycles. The van der Waals surface area contributed by atoms with Gasteiger partial charge in [-0.25, -0.2) is 0 Å². The predicted octanol–water partition coefficient (Wildman–Crippen LogP) is 6.39. The number of benzene rings is 3. The zero-order chi connectivity index (χ0) is 29.0. The molecule has 202 valence electrons. The summed E-state index contributed by atoms with van der Waals surface area (Å²) in [6.07, 6.45) is -3.53. The number of hydrogen-bond donors (Lipinski definition) is 2. The molecule has 0 radical (unpaired) electrons. The number of amides is 2. The first-order chi connectivity index (χ1) is 18.2. The maximum atomic E-state index is 13.0. The Labute approximate surface area is 234 Å². The maximum Gasteiger partial charge on any atom is 0.416 e. The van der Waals surface area contributed by atoms with Gasteiger partial charge in [-0.05, 0) is 82.2 Å². The van der Waals surface area contributed by atoms with E-state index >= 15 is 0 Å². The molecular formula is C25H16BrClF3N3O5S. The molecule has 14 heteroatoms. The molecule has 0 unspecified atom stereocenters. The third-order valence-corrected chi connectivity index (χ3v) is 7.03. The molecule has 3 rings (SSSR count). The molecule has 0 saturated carbocycles. The van der Waals surface area contributed by atoms with Crippen LogP contribution in [0.15, 0.2) is 75.6 Å². The maximum absolute atomic E-state index is 13.0. The minimum Gasteiger partial charge on any atom is -0.378 e. The van der Waals surface area contributed by atoms with E-state index in [-0.39, 0.29) is 37.3 Å². The minimum atomic E-state index is -4.67. The van der Waals surface area contributed by atoms with Gasteiger partial charge in [-0.15, -0.1) is 0 Å². The molecular weight excluding hydrogens is 627 g/mol. The van der Waals surface area contributed by atoms with Gasteiger partial charge in [0.15, 0.2) is 5.75 Å². The number of carbonyl (C=O) groups is 2. The molecule has 0 aliphatic rings. The minimum absolute atomic E-state index is 0.100. The normalized spacial score (nSPS) is 11.9. The van der Waals surface area contributed by atoms with Gasteiger partial charge < -0.3 is 14.8 Å². The monoisotopic (exact) mass is 641 g/mol. The van der Waals surface area contributed by atoms with Crippen molar-refractivity contribution in [1.82, 2.24) is 0 Å². The van der Waals surface area contributed by atoms with Gasteiger partial charge in [-0.3, -0.25) is 9.59 Å². The fraction of sp³-hybridized carbons (Fsp3) is 0.0800. The third-order valence-electron chi connectivity index (χ3n) is 4.84. The zero-order valence-electron chi connectivity index (χ0n) is 19.6. The summed E-state index contributed by atoms with van der Waals surface area (Å²) in [5.41, 5.74) is -1.17. The van der Waals surface area contributed by atoms with E-state index in [2.05, 4.69) is 26.6 Å². The lowest BCUT2D eigenvalue weighted by Crippen LogP contribution is -2.15. The van der Waals surface area contributed by atoms with E-state index < -0.39 is 33.3 Å². The fourth-order valence-corrected chi connectivity index (χ4v) is 4.75. The number of alkyl halides is 3. The number of nitrogens with zero attached hydrogens (tertiary/aromatic N) is 1. The predicted molar refractivity (Wildman–Crippen MR) is 141 cm³/mol. The van der Waals surface area contributed by atoms with Crippen LogP contribution in [0.2, 0.25) is 5.02 Å². The van der Waals surface area contributed by atoms with Gasteiger partial charge in [0.25, 0.3) is 5.91 Å². The lowest BCUT2D eigenvalue weighted by molar-refractivity contribution is -0.137. The summed E-state index contributed by atoms with van der Waals surface area (Å²) in [5, 5.41) is 14.0. The highest BCUT2D eigenvalue weighted by molar-refractivity contribution is 9.10. The topological polar surface area (TPSA) is 125 Å². The van der Waals surface area contributed by atoms with Crippen molar-refractivity contribution in [1.29, 1.82) is 5.26 Å². The highest BCUT2D eigenvalue weighted by Gasteiger charge is 2.31. The van der Waals surface area contributed by atoms with E-state index in [1.165, 1.54) is 49.4 Å². The standard InChI is InChI=1S/C25H16BrClF3N3O5S/c1-14(34)32-18-4-6-19(7-5-18)39(36,37)38-23-9-2-15(11-20(23)26)10-16(13-31)24(35)33-22-12-17(25(28,29)30)3-8-21(22)27/h2-12H,1H3,(H,32,34)(H,33,35)/b16-10+. The Bertz CT molecular complexity index is 1620. The van der Waals surface area contributed by atoms with E-state index in [4.69, 9.17) is 15.8 Å². The average Bonchev–Trinajstić information content (AvgIpc) is 2.84. The second kappa shape index (κ2) is 11.9. The molecule has 0 fully saturated rings. The second-order valence-corrected chi connectivity index (χ2v) is 10.6. The summed E-state index contributed by atoms with van der Waals surface area (Å²) in [7, 11) is -4.25. The van der Waals surface area contributed by atoms with Crippen molar-refractivity contribution < 1.29 is 35.4 Å². The smallest absolute Gasteiger partial charge is 0.378 e. The molecule has 8 nitrogen and oxygen atoms in total. The van der Waals surface area contributed by atoms with Crippen molar-refractivity contribution in [3.63, 3.8) is 0 Å². The third kappa shape index (κ3) is 7.82.